The quantitative estimate of drug-likeness (QED) is 0.791. The van der Waals surface area contributed by atoms with Gasteiger partial charge in [-0.3, -0.25) is 9.78 Å². The number of rotatable bonds is 8. The highest BCUT2D eigenvalue weighted by atomic mass is 16.1. The van der Waals surface area contributed by atoms with Gasteiger partial charge in [-0.15, -0.1) is 0 Å². The molecule has 2 aromatic rings. The van der Waals surface area contributed by atoms with Gasteiger partial charge in [0.1, 0.15) is 0 Å². The average molecular weight is 325 g/mol. The van der Waals surface area contributed by atoms with Gasteiger partial charge in [-0.1, -0.05) is 13.3 Å². The van der Waals surface area contributed by atoms with Gasteiger partial charge in [0.2, 0.25) is 0 Å². The number of hydrogen-bond acceptors (Lipinski definition) is 3. The van der Waals surface area contributed by atoms with E-state index in [1.165, 1.54) is 18.5 Å². The molecule has 0 radical (unpaired) electrons. The molecular formula is C20H27N3O. The Labute approximate surface area is 144 Å². The number of anilines is 1. The van der Waals surface area contributed by atoms with Crippen LogP contribution < -0.4 is 10.2 Å². The lowest BCUT2D eigenvalue weighted by molar-refractivity contribution is 0.0940. The van der Waals surface area contributed by atoms with Gasteiger partial charge in [-0.25, -0.2) is 0 Å². The molecule has 1 atom stereocenters. The maximum absolute atomic E-state index is 12.4. The Morgan fingerprint density at radius 1 is 1.12 bits per heavy atom. The van der Waals surface area contributed by atoms with Crippen molar-refractivity contribution in [2.24, 2.45) is 0 Å². The normalized spacial score (nSPS) is 11.8. The predicted octanol–water partition coefficient (Wildman–Crippen LogP) is 4.20. The fraction of sp³-hybridized carbons (Fsp3) is 0.400. The molecule has 4 heteroatoms. The molecule has 1 unspecified atom stereocenters. The second kappa shape index (κ2) is 9.06. The number of nitrogens with zero attached hydrogens (tertiary/aromatic N) is 2. The van der Waals surface area contributed by atoms with E-state index in [9.17, 15) is 4.79 Å². The van der Waals surface area contributed by atoms with Crippen LogP contribution in [0, 0.1) is 0 Å². The van der Waals surface area contributed by atoms with E-state index >= 15 is 0 Å². The number of carbonyl (C=O) groups excluding carboxylic acids is 1. The maximum Gasteiger partial charge on any atom is 0.251 e. The van der Waals surface area contributed by atoms with Crippen LogP contribution in [0.2, 0.25) is 0 Å². The zero-order chi connectivity index (χ0) is 17.4. The van der Waals surface area contributed by atoms with Gasteiger partial charge in [-0.05, 0) is 62.2 Å². The second-order valence-corrected chi connectivity index (χ2v) is 5.96. The summed E-state index contributed by atoms with van der Waals surface area (Å²) in [7, 11) is 0. The summed E-state index contributed by atoms with van der Waals surface area (Å²) in [6, 6.07) is 11.7. The summed E-state index contributed by atoms with van der Waals surface area (Å²) in [5.74, 6) is -0.0533. The van der Waals surface area contributed by atoms with Crippen LogP contribution in [0.25, 0.3) is 0 Å². The summed E-state index contributed by atoms with van der Waals surface area (Å²) in [6.07, 6.45) is 5.84. The molecule has 1 N–H and O–H groups in total. The van der Waals surface area contributed by atoms with E-state index in [0.717, 1.165) is 18.7 Å². The van der Waals surface area contributed by atoms with Crippen molar-refractivity contribution in [1.29, 1.82) is 0 Å². The Hall–Kier alpha value is -2.36. The molecule has 4 nitrogen and oxygen atoms in total. The monoisotopic (exact) mass is 325 g/mol. The van der Waals surface area contributed by atoms with Crippen molar-refractivity contribution in [1.82, 2.24) is 10.3 Å². The number of amides is 1. The second-order valence-electron chi connectivity index (χ2n) is 5.96. The van der Waals surface area contributed by atoms with E-state index in [1.807, 2.05) is 43.3 Å². The lowest BCUT2D eigenvalue weighted by atomic mass is 10.1. The standard InChI is InChI=1S/C20H27N3O/c1-4-6-15-23(5-2)19-9-7-18(8-10-19)20(24)22-16(3)17-11-13-21-14-12-17/h7-14,16H,4-6,15H2,1-3H3,(H,22,24). The Kier molecular flexibility index (Phi) is 6.79. The summed E-state index contributed by atoms with van der Waals surface area (Å²) < 4.78 is 0. The average Bonchev–Trinajstić information content (AvgIpc) is 2.63. The zero-order valence-electron chi connectivity index (χ0n) is 14.8. The molecule has 24 heavy (non-hydrogen) atoms. The van der Waals surface area contributed by atoms with E-state index in [2.05, 4.69) is 29.0 Å². The van der Waals surface area contributed by atoms with E-state index in [4.69, 9.17) is 0 Å². The molecule has 0 aliphatic carbocycles. The number of aromatic nitrogens is 1. The highest BCUT2D eigenvalue weighted by molar-refractivity contribution is 5.94. The van der Waals surface area contributed by atoms with E-state index < -0.39 is 0 Å². The molecule has 1 heterocycles. The molecule has 0 bridgehead atoms. The van der Waals surface area contributed by atoms with Gasteiger partial charge in [0.05, 0.1) is 6.04 Å². The van der Waals surface area contributed by atoms with Gasteiger partial charge >= 0.3 is 0 Å². The molecule has 0 spiro atoms. The largest absolute Gasteiger partial charge is 0.372 e. The van der Waals surface area contributed by atoms with Crippen LogP contribution in [0.5, 0.6) is 0 Å². The van der Waals surface area contributed by atoms with Crippen LogP contribution in [-0.2, 0) is 0 Å². The molecule has 0 aliphatic heterocycles. The van der Waals surface area contributed by atoms with Crippen molar-refractivity contribution in [2.45, 2.75) is 39.7 Å². The van der Waals surface area contributed by atoms with Crippen molar-refractivity contribution < 1.29 is 4.79 Å². The zero-order valence-corrected chi connectivity index (χ0v) is 14.8. The maximum atomic E-state index is 12.4. The first-order chi connectivity index (χ1) is 11.7. The molecular weight excluding hydrogens is 298 g/mol. The Balaban J connectivity index is 2.00. The topological polar surface area (TPSA) is 45.2 Å². The number of unbranched alkanes of at least 4 members (excludes halogenated alkanes) is 1. The Bertz CT molecular complexity index is 625. The van der Waals surface area contributed by atoms with Gasteiger partial charge in [0, 0.05) is 36.7 Å². The van der Waals surface area contributed by atoms with E-state index in [1.54, 1.807) is 12.4 Å². The van der Waals surface area contributed by atoms with Gasteiger partial charge in [-0.2, -0.15) is 0 Å². The lowest BCUT2D eigenvalue weighted by Crippen LogP contribution is -2.27. The number of pyridine rings is 1. The first-order valence-electron chi connectivity index (χ1n) is 8.71. The van der Waals surface area contributed by atoms with Crippen LogP contribution in [0.3, 0.4) is 0 Å². The third-order valence-electron chi connectivity index (χ3n) is 4.21. The number of nitrogens with one attached hydrogen (secondary N) is 1. The van der Waals surface area contributed by atoms with E-state index in [-0.39, 0.29) is 11.9 Å². The van der Waals surface area contributed by atoms with Gasteiger partial charge < -0.3 is 10.2 Å². The first-order valence-corrected chi connectivity index (χ1v) is 8.71. The third-order valence-corrected chi connectivity index (χ3v) is 4.21. The molecule has 0 saturated carbocycles. The highest BCUT2D eigenvalue weighted by Crippen LogP contribution is 2.17. The minimum absolute atomic E-state index is 0.0446. The summed E-state index contributed by atoms with van der Waals surface area (Å²) in [5.41, 5.74) is 2.91. The van der Waals surface area contributed by atoms with Crippen LogP contribution in [-0.4, -0.2) is 24.0 Å². The summed E-state index contributed by atoms with van der Waals surface area (Å²) >= 11 is 0. The van der Waals surface area contributed by atoms with Crippen molar-refractivity contribution in [3.05, 3.63) is 59.9 Å². The van der Waals surface area contributed by atoms with Gasteiger partial charge in [0.25, 0.3) is 5.91 Å². The van der Waals surface area contributed by atoms with Gasteiger partial charge in [0.15, 0.2) is 0 Å². The SMILES string of the molecule is CCCCN(CC)c1ccc(C(=O)NC(C)c2ccncc2)cc1. The van der Waals surface area contributed by atoms with Crippen molar-refractivity contribution in [3.63, 3.8) is 0 Å². The summed E-state index contributed by atoms with van der Waals surface area (Å²) in [5, 5.41) is 3.03. The highest BCUT2D eigenvalue weighted by Gasteiger charge is 2.12. The molecule has 0 saturated heterocycles. The fourth-order valence-electron chi connectivity index (χ4n) is 2.66. The van der Waals surface area contributed by atoms with Crippen LogP contribution in [0.15, 0.2) is 48.8 Å². The molecule has 1 aromatic carbocycles. The van der Waals surface area contributed by atoms with Crippen molar-refractivity contribution >= 4 is 11.6 Å². The summed E-state index contributed by atoms with van der Waals surface area (Å²) in [4.78, 5) is 18.8. The molecule has 1 amide bonds. The predicted molar refractivity (Wildman–Crippen MR) is 99.4 cm³/mol. The molecule has 128 valence electrons. The molecule has 0 aliphatic rings. The number of carbonyl (C=O) groups is 1. The first kappa shape index (κ1) is 18.0. The smallest absolute Gasteiger partial charge is 0.251 e. The molecule has 2 rings (SSSR count). The molecule has 0 fully saturated rings. The van der Waals surface area contributed by atoms with Crippen LogP contribution >= 0.6 is 0 Å². The number of benzene rings is 1. The van der Waals surface area contributed by atoms with Crippen molar-refractivity contribution in [2.75, 3.05) is 18.0 Å². The number of hydrogen-bond donors (Lipinski definition) is 1. The Morgan fingerprint density at radius 2 is 1.79 bits per heavy atom. The van der Waals surface area contributed by atoms with Crippen LogP contribution in [0.4, 0.5) is 5.69 Å². The van der Waals surface area contributed by atoms with Crippen LogP contribution in [0.1, 0.15) is 55.6 Å². The summed E-state index contributed by atoms with van der Waals surface area (Å²) in [6.45, 7) is 8.37. The Morgan fingerprint density at radius 3 is 2.38 bits per heavy atom. The minimum atomic E-state index is -0.0533. The lowest BCUT2D eigenvalue weighted by Gasteiger charge is -2.23. The fourth-order valence-corrected chi connectivity index (χ4v) is 2.66. The third kappa shape index (κ3) is 4.82. The minimum Gasteiger partial charge on any atom is -0.372 e. The van der Waals surface area contributed by atoms with Crippen molar-refractivity contribution in [3.8, 4) is 0 Å². The molecule has 1 aromatic heterocycles. The van der Waals surface area contributed by atoms with E-state index in [0.29, 0.717) is 5.56 Å².